The highest BCUT2D eigenvalue weighted by atomic mass is 35.5. The monoisotopic (exact) mass is 560 g/mol. The predicted molar refractivity (Wildman–Crippen MR) is 156 cm³/mol. The molecule has 200 valence electrons. The van der Waals surface area contributed by atoms with Crippen molar-refractivity contribution in [2.24, 2.45) is 0 Å². The first kappa shape index (κ1) is 28.2. The fourth-order valence-electron chi connectivity index (χ4n) is 4.14. The predicted octanol–water partition coefficient (Wildman–Crippen LogP) is 6.64. The van der Waals surface area contributed by atoms with E-state index in [0.717, 1.165) is 22.3 Å². The van der Waals surface area contributed by atoms with Gasteiger partial charge in [-0.2, -0.15) is 0 Å². The van der Waals surface area contributed by atoms with E-state index in [-0.39, 0.29) is 25.0 Å². The fourth-order valence-corrected chi connectivity index (χ4v) is 4.45. The van der Waals surface area contributed by atoms with Crippen LogP contribution in [0.3, 0.4) is 0 Å². The van der Waals surface area contributed by atoms with Crippen LogP contribution in [0.15, 0.2) is 103 Å². The first-order chi connectivity index (χ1) is 18.9. The van der Waals surface area contributed by atoms with E-state index < -0.39 is 6.04 Å². The molecule has 0 fully saturated rings. The van der Waals surface area contributed by atoms with E-state index in [1.54, 1.807) is 41.3 Å². The zero-order chi connectivity index (χ0) is 27.6. The number of hydrogen-bond acceptors (Lipinski definition) is 3. The van der Waals surface area contributed by atoms with Crippen molar-refractivity contribution in [3.63, 3.8) is 0 Å². The normalized spacial score (nSPS) is 11.5. The Morgan fingerprint density at radius 1 is 0.795 bits per heavy atom. The van der Waals surface area contributed by atoms with Gasteiger partial charge in [0.05, 0.1) is 5.02 Å². The number of benzene rings is 4. The topological polar surface area (TPSA) is 58.6 Å². The van der Waals surface area contributed by atoms with Gasteiger partial charge in [0.15, 0.2) is 6.61 Å². The molecule has 0 saturated carbocycles. The van der Waals surface area contributed by atoms with Crippen molar-refractivity contribution in [1.82, 2.24) is 10.2 Å². The quantitative estimate of drug-likeness (QED) is 0.224. The highest BCUT2D eigenvalue weighted by molar-refractivity contribution is 6.32. The number of carbonyl (C=O) groups excluding carboxylic acids is 2. The van der Waals surface area contributed by atoms with Gasteiger partial charge < -0.3 is 15.0 Å². The first-order valence-corrected chi connectivity index (χ1v) is 13.4. The van der Waals surface area contributed by atoms with Gasteiger partial charge in [-0.15, -0.1) is 0 Å². The Morgan fingerprint density at radius 2 is 1.44 bits per heavy atom. The molecule has 4 rings (SSSR count). The zero-order valence-corrected chi connectivity index (χ0v) is 23.2. The third kappa shape index (κ3) is 8.34. The highest BCUT2D eigenvalue weighted by Gasteiger charge is 2.30. The van der Waals surface area contributed by atoms with Crippen LogP contribution < -0.4 is 10.1 Å². The molecule has 1 atom stereocenters. The van der Waals surface area contributed by atoms with Gasteiger partial charge in [0, 0.05) is 24.5 Å². The van der Waals surface area contributed by atoms with Gasteiger partial charge in [-0.25, -0.2) is 0 Å². The van der Waals surface area contributed by atoms with Gasteiger partial charge in [0.2, 0.25) is 5.91 Å². The van der Waals surface area contributed by atoms with Crippen molar-refractivity contribution in [1.29, 1.82) is 0 Å². The summed E-state index contributed by atoms with van der Waals surface area (Å²) in [6.07, 6.45) is 0.339. The van der Waals surface area contributed by atoms with Crippen LogP contribution in [0.4, 0.5) is 0 Å². The molecule has 0 spiro atoms. The van der Waals surface area contributed by atoms with Crippen LogP contribution >= 0.6 is 23.2 Å². The Labute approximate surface area is 239 Å². The molecule has 4 aromatic carbocycles. The molecule has 5 nitrogen and oxygen atoms in total. The smallest absolute Gasteiger partial charge is 0.261 e. The molecule has 2 amide bonds. The lowest BCUT2D eigenvalue weighted by atomic mass is 10.0. The van der Waals surface area contributed by atoms with Crippen molar-refractivity contribution < 1.29 is 14.3 Å². The van der Waals surface area contributed by atoms with Crippen LogP contribution in [-0.4, -0.2) is 29.4 Å². The Balaban J connectivity index is 1.61. The second-order valence-corrected chi connectivity index (χ2v) is 10.1. The molecule has 0 heterocycles. The van der Waals surface area contributed by atoms with Crippen molar-refractivity contribution >= 4 is 35.0 Å². The summed E-state index contributed by atoms with van der Waals surface area (Å²) < 4.78 is 5.78. The van der Waals surface area contributed by atoms with Gasteiger partial charge in [-0.05, 0) is 47.9 Å². The van der Waals surface area contributed by atoms with Crippen molar-refractivity contribution in [2.75, 3.05) is 6.61 Å². The van der Waals surface area contributed by atoms with Crippen LogP contribution in [0.5, 0.6) is 5.75 Å². The third-order valence-corrected chi connectivity index (χ3v) is 6.88. The largest absolute Gasteiger partial charge is 0.482 e. The molecule has 0 aliphatic carbocycles. The second-order valence-electron chi connectivity index (χ2n) is 9.28. The summed E-state index contributed by atoms with van der Waals surface area (Å²) in [5.74, 6) is -0.182. The molecular weight excluding hydrogens is 531 g/mol. The van der Waals surface area contributed by atoms with Gasteiger partial charge in [-0.1, -0.05) is 108 Å². The van der Waals surface area contributed by atoms with E-state index in [4.69, 9.17) is 27.9 Å². The highest BCUT2D eigenvalue weighted by Crippen LogP contribution is 2.24. The number of aryl methyl sites for hydroxylation is 1. The maximum atomic E-state index is 13.7. The molecule has 4 aromatic rings. The Hall–Kier alpha value is -3.80. The van der Waals surface area contributed by atoms with Crippen LogP contribution in [0.2, 0.25) is 10.0 Å². The summed E-state index contributed by atoms with van der Waals surface area (Å²) in [5, 5.41) is 4.04. The van der Waals surface area contributed by atoms with E-state index in [0.29, 0.717) is 28.8 Å². The summed E-state index contributed by atoms with van der Waals surface area (Å²) in [6, 6.07) is 31.1. The van der Waals surface area contributed by atoms with E-state index in [2.05, 4.69) is 5.32 Å². The number of hydrogen-bond donors (Lipinski definition) is 1. The SMILES string of the molecule is Cc1ccc(CNC(=O)[C@@H](Cc2ccccc2)N(Cc2ccc(Cl)cc2)C(=O)COc2ccccc2Cl)cc1. The molecule has 0 unspecified atom stereocenters. The number of rotatable bonds is 11. The lowest BCUT2D eigenvalue weighted by Gasteiger charge is -2.31. The number of para-hydroxylation sites is 1. The number of nitrogens with zero attached hydrogens (tertiary/aromatic N) is 1. The number of ether oxygens (including phenoxy) is 1. The maximum absolute atomic E-state index is 13.7. The Bertz CT molecular complexity index is 1380. The molecule has 39 heavy (non-hydrogen) atoms. The molecule has 0 saturated heterocycles. The molecule has 7 heteroatoms. The summed E-state index contributed by atoms with van der Waals surface area (Å²) in [7, 11) is 0. The molecule has 0 bridgehead atoms. The minimum absolute atomic E-state index is 0.206. The molecule has 0 radical (unpaired) electrons. The van der Waals surface area contributed by atoms with Gasteiger partial charge in [0.1, 0.15) is 11.8 Å². The van der Waals surface area contributed by atoms with E-state index in [9.17, 15) is 9.59 Å². The number of halogens is 2. The number of carbonyl (C=O) groups is 2. The van der Waals surface area contributed by atoms with Crippen molar-refractivity contribution in [3.05, 3.63) is 135 Å². The minimum atomic E-state index is -0.782. The standard InChI is InChI=1S/C32H30Cl2N2O3/c1-23-11-13-25(14-12-23)20-35-32(38)29(19-24-7-3-2-4-8-24)36(21-26-15-17-27(33)18-16-26)31(37)22-39-30-10-6-5-9-28(30)34/h2-18,29H,19-22H2,1H3,(H,35,38)/t29-/m1/s1. The Kier molecular flexibility index (Phi) is 10.0. The number of nitrogens with one attached hydrogen (secondary N) is 1. The summed E-state index contributed by atoms with van der Waals surface area (Å²) in [4.78, 5) is 29.0. The molecular formula is C32H30Cl2N2O3. The molecule has 0 aliphatic rings. The van der Waals surface area contributed by atoms with E-state index in [1.807, 2.05) is 73.7 Å². The summed E-state index contributed by atoms with van der Waals surface area (Å²) in [5.41, 5.74) is 3.90. The van der Waals surface area contributed by atoms with E-state index >= 15 is 0 Å². The van der Waals surface area contributed by atoms with Crippen LogP contribution in [-0.2, 0) is 29.1 Å². The summed E-state index contributed by atoms with van der Waals surface area (Å²) >= 11 is 12.3. The van der Waals surface area contributed by atoms with Gasteiger partial charge in [0.25, 0.3) is 5.91 Å². The third-order valence-electron chi connectivity index (χ3n) is 6.31. The molecule has 0 aromatic heterocycles. The van der Waals surface area contributed by atoms with Gasteiger partial charge in [-0.3, -0.25) is 9.59 Å². The average Bonchev–Trinajstić information content (AvgIpc) is 2.95. The van der Waals surface area contributed by atoms with Crippen LogP contribution in [0.25, 0.3) is 0 Å². The maximum Gasteiger partial charge on any atom is 0.261 e. The molecule has 0 aliphatic heterocycles. The number of amides is 2. The van der Waals surface area contributed by atoms with E-state index in [1.165, 1.54) is 0 Å². The second kappa shape index (κ2) is 13.8. The van der Waals surface area contributed by atoms with Gasteiger partial charge >= 0.3 is 0 Å². The van der Waals surface area contributed by atoms with Crippen LogP contribution in [0, 0.1) is 6.92 Å². The lowest BCUT2D eigenvalue weighted by Crippen LogP contribution is -2.51. The minimum Gasteiger partial charge on any atom is -0.482 e. The summed E-state index contributed by atoms with van der Waals surface area (Å²) in [6.45, 7) is 2.30. The Morgan fingerprint density at radius 3 is 2.13 bits per heavy atom. The zero-order valence-electron chi connectivity index (χ0n) is 21.6. The molecule has 1 N–H and O–H groups in total. The van der Waals surface area contributed by atoms with Crippen molar-refractivity contribution in [3.8, 4) is 5.75 Å². The average molecular weight is 562 g/mol. The van der Waals surface area contributed by atoms with Crippen LogP contribution in [0.1, 0.15) is 22.3 Å². The lowest BCUT2D eigenvalue weighted by molar-refractivity contribution is -0.142. The first-order valence-electron chi connectivity index (χ1n) is 12.7. The fraction of sp³-hybridized carbons (Fsp3) is 0.188. The van der Waals surface area contributed by atoms with Crippen molar-refractivity contribution in [2.45, 2.75) is 32.5 Å².